The maximum Gasteiger partial charge on any atom is 0.166 e. The second-order valence-electron chi connectivity index (χ2n) is 9.85. The molecule has 1 N–H and O–H groups in total. The summed E-state index contributed by atoms with van der Waals surface area (Å²) in [6, 6.07) is 12.6. The highest BCUT2D eigenvalue weighted by molar-refractivity contribution is 7.22. The lowest BCUT2D eigenvalue weighted by Crippen LogP contribution is -2.15. The number of thiophene rings is 1. The Balaban J connectivity index is 0.000000503. The van der Waals surface area contributed by atoms with Crippen molar-refractivity contribution in [2.75, 3.05) is 0 Å². The van der Waals surface area contributed by atoms with Crippen molar-refractivity contribution in [3.05, 3.63) is 71.8 Å². The molecule has 3 aromatic heterocycles. The quantitative estimate of drug-likeness (QED) is 0.265. The van der Waals surface area contributed by atoms with Crippen molar-refractivity contribution in [2.24, 2.45) is 5.92 Å². The molecule has 0 radical (unpaired) electrons. The van der Waals surface area contributed by atoms with Crippen LogP contribution in [0.1, 0.15) is 56.6 Å². The molecule has 192 valence electrons. The number of hydrogen-bond acceptors (Lipinski definition) is 6. The van der Waals surface area contributed by atoms with E-state index in [9.17, 15) is 9.18 Å². The van der Waals surface area contributed by atoms with Crippen LogP contribution in [0.4, 0.5) is 4.39 Å². The largest absolute Gasteiger partial charge is 0.453 e. The average Bonchev–Trinajstić information content (AvgIpc) is 3.58. The molecule has 5 nitrogen and oxygen atoms in total. The summed E-state index contributed by atoms with van der Waals surface area (Å²) in [5.41, 5.74) is 3.53. The van der Waals surface area contributed by atoms with Crippen LogP contribution in [0.2, 0.25) is 0 Å². The first-order valence-electron chi connectivity index (χ1n) is 13.0. The second-order valence-corrected chi connectivity index (χ2v) is 10.9. The van der Waals surface area contributed by atoms with E-state index in [-0.39, 0.29) is 24.1 Å². The van der Waals surface area contributed by atoms with Crippen molar-refractivity contribution < 1.29 is 19.0 Å². The molecule has 0 amide bonds. The molecule has 7 heteroatoms. The predicted molar refractivity (Wildman–Crippen MR) is 145 cm³/mol. The number of aliphatic hydroxyl groups is 1. The Morgan fingerprint density at radius 3 is 2.46 bits per heavy atom. The highest BCUT2D eigenvalue weighted by Gasteiger charge is 2.24. The number of ketones is 1. The van der Waals surface area contributed by atoms with Gasteiger partial charge in [0.05, 0.1) is 26.9 Å². The highest BCUT2D eigenvalue weighted by atomic mass is 32.1. The third kappa shape index (κ3) is 6.59. The van der Waals surface area contributed by atoms with Crippen LogP contribution in [0.25, 0.3) is 20.8 Å². The zero-order valence-electron chi connectivity index (χ0n) is 21.0. The van der Waals surface area contributed by atoms with Crippen LogP contribution in [0, 0.1) is 11.7 Å². The van der Waals surface area contributed by atoms with E-state index in [4.69, 9.17) is 9.84 Å². The molecule has 2 saturated carbocycles. The van der Waals surface area contributed by atoms with Crippen molar-refractivity contribution in [1.82, 2.24) is 9.97 Å². The van der Waals surface area contributed by atoms with Crippen LogP contribution in [0.5, 0.6) is 11.5 Å². The monoisotopic (exact) mass is 518 g/mol. The Bertz CT molecular complexity index is 1380. The number of carbonyl (C=O) groups is 1. The van der Waals surface area contributed by atoms with E-state index in [1.54, 1.807) is 24.4 Å². The first-order chi connectivity index (χ1) is 18.0. The van der Waals surface area contributed by atoms with E-state index in [1.165, 1.54) is 29.4 Å². The number of aryl methyl sites for hydroxylation is 1. The van der Waals surface area contributed by atoms with Gasteiger partial charge >= 0.3 is 0 Å². The summed E-state index contributed by atoms with van der Waals surface area (Å²) in [6.45, 7) is 2.10. The molecule has 0 saturated heterocycles. The molecular weight excluding hydrogens is 487 g/mol. The molecule has 0 spiro atoms. The molecule has 4 aromatic rings. The minimum Gasteiger partial charge on any atom is -0.453 e. The zero-order valence-corrected chi connectivity index (χ0v) is 21.8. The number of Topliss-reactive ketones (excluding diaryl/α,β-unsaturated/α-hetero) is 1. The molecule has 2 aliphatic carbocycles. The van der Waals surface area contributed by atoms with E-state index in [2.05, 4.69) is 23.0 Å². The summed E-state index contributed by atoms with van der Waals surface area (Å²) in [5, 5.41) is 8.45. The molecule has 6 rings (SSSR count). The Morgan fingerprint density at radius 1 is 1.05 bits per heavy atom. The maximum absolute atomic E-state index is 14.7. The van der Waals surface area contributed by atoms with Gasteiger partial charge in [-0.15, -0.1) is 11.3 Å². The van der Waals surface area contributed by atoms with Gasteiger partial charge in [0.1, 0.15) is 11.5 Å². The Labute approximate surface area is 220 Å². The van der Waals surface area contributed by atoms with Gasteiger partial charge in [0.2, 0.25) is 0 Å². The van der Waals surface area contributed by atoms with Gasteiger partial charge in [0.25, 0.3) is 0 Å². The molecule has 0 unspecified atom stereocenters. The van der Waals surface area contributed by atoms with Gasteiger partial charge in [0, 0.05) is 31.3 Å². The fraction of sp³-hybridized carbons (Fsp3) is 0.367. The SMILES string of the molecule is CCc1ccc(-c2cc3nccc(Oc4ccc(CC(=O)CC5CC5)cc4F)c3s2)nc1.OC1CCC1. The average molecular weight is 519 g/mol. The van der Waals surface area contributed by atoms with Crippen LogP contribution in [0.3, 0.4) is 0 Å². The zero-order chi connectivity index (χ0) is 25.8. The fourth-order valence-electron chi connectivity index (χ4n) is 4.09. The van der Waals surface area contributed by atoms with Gasteiger partial charge in [-0.1, -0.05) is 19.1 Å². The summed E-state index contributed by atoms with van der Waals surface area (Å²) >= 11 is 1.52. The van der Waals surface area contributed by atoms with Crippen molar-refractivity contribution in [3.63, 3.8) is 0 Å². The van der Waals surface area contributed by atoms with Crippen LogP contribution >= 0.6 is 11.3 Å². The lowest BCUT2D eigenvalue weighted by Gasteiger charge is -2.17. The van der Waals surface area contributed by atoms with Crippen LogP contribution in [0.15, 0.2) is 54.9 Å². The van der Waals surface area contributed by atoms with E-state index < -0.39 is 5.82 Å². The third-order valence-corrected chi connectivity index (χ3v) is 7.93. The van der Waals surface area contributed by atoms with Crippen molar-refractivity contribution in [3.8, 4) is 22.1 Å². The molecule has 0 aliphatic heterocycles. The van der Waals surface area contributed by atoms with E-state index in [1.807, 2.05) is 18.3 Å². The minimum absolute atomic E-state index is 0.0648. The number of rotatable bonds is 8. The number of halogens is 1. The number of pyridine rings is 2. The van der Waals surface area contributed by atoms with Crippen LogP contribution in [-0.4, -0.2) is 27.0 Å². The number of aromatic nitrogens is 2. The van der Waals surface area contributed by atoms with E-state index in [0.29, 0.717) is 23.7 Å². The number of ether oxygens (including phenoxy) is 1. The normalized spacial score (nSPS) is 15.1. The number of fused-ring (bicyclic) bond motifs is 1. The fourth-order valence-corrected chi connectivity index (χ4v) is 5.13. The molecule has 0 atom stereocenters. The van der Waals surface area contributed by atoms with E-state index in [0.717, 1.165) is 52.9 Å². The number of nitrogens with zero attached hydrogens (tertiary/aromatic N) is 2. The molecule has 2 fully saturated rings. The smallest absolute Gasteiger partial charge is 0.166 e. The first kappa shape index (κ1) is 25.5. The lowest BCUT2D eigenvalue weighted by molar-refractivity contribution is -0.118. The Morgan fingerprint density at radius 2 is 1.84 bits per heavy atom. The summed E-state index contributed by atoms with van der Waals surface area (Å²) in [7, 11) is 0. The van der Waals surface area contributed by atoms with Crippen molar-refractivity contribution >= 4 is 27.3 Å². The third-order valence-electron chi connectivity index (χ3n) is 6.77. The van der Waals surface area contributed by atoms with Gasteiger partial charge in [-0.05, 0) is 79.8 Å². The topological polar surface area (TPSA) is 72.3 Å². The lowest BCUT2D eigenvalue weighted by atomic mass is 9.97. The molecular formula is C30H31FN2O3S. The van der Waals surface area contributed by atoms with Crippen LogP contribution in [-0.2, 0) is 17.6 Å². The Hall–Kier alpha value is -3.16. The summed E-state index contributed by atoms with van der Waals surface area (Å²) in [4.78, 5) is 22.1. The van der Waals surface area contributed by atoms with Crippen molar-refractivity contribution in [2.45, 2.75) is 64.4 Å². The number of benzene rings is 1. The maximum atomic E-state index is 14.7. The Kier molecular flexibility index (Phi) is 7.91. The van der Waals surface area contributed by atoms with Gasteiger partial charge in [-0.2, -0.15) is 0 Å². The molecule has 37 heavy (non-hydrogen) atoms. The molecule has 2 aliphatic rings. The standard InChI is InChI=1S/C26H23FN2O2S.C4H8O/c1-2-16-5-7-21(29-15-16)25-14-22-26(32-25)24(9-10-28-22)31-23-8-6-18(13-20(23)27)12-19(30)11-17-3-4-17;5-4-2-1-3-4/h5-10,13-15,17H,2-4,11-12H2,1H3;4-5H,1-3H2. The summed E-state index contributed by atoms with van der Waals surface area (Å²) in [6.07, 6.45) is 11.0. The summed E-state index contributed by atoms with van der Waals surface area (Å²) in [5.74, 6) is 0.923. The summed E-state index contributed by atoms with van der Waals surface area (Å²) < 4.78 is 21.5. The first-order valence-corrected chi connectivity index (χ1v) is 13.8. The second kappa shape index (κ2) is 11.5. The number of carbonyl (C=O) groups excluding carboxylic acids is 1. The highest BCUT2D eigenvalue weighted by Crippen LogP contribution is 2.39. The van der Waals surface area contributed by atoms with E-state index >= 15 is 0 Å². The van der Waals surface area contributed by atoms with Gasteiger partial charge in [-0.3, -0.25) is 14.8 Å². The van der Waals surface area contributed by atoms with Gasteiger partial charge in [0.15, 0.2) is 11.6 Å². The van der Waals surface area contributed by atoms with Gasteiger partial charge in [-0.25, -0.2) is 4.39 Å². The van der Waals surface area contributed by atoms with Crippen molar-refractivity contribution in [1.29, 1.82) is 0 Å². The van der Waals surface area contributed by atoms with Gasteiger partial charge < -0.3 is 9.84 Å². The minimum atomic E-state index is -0.472. The molecule has 1 aromatic carbocycles. The van der Waals surface area contributed by atoms with Crippen LogP contribution < -0.4 is 4.74 Å². The predicted octanol–water partition coefficient (Wildman–Crippen LogP) is 7.30. The number of hydrogen-bond donors (Lipinski definition) is 1. The molecule has 0 bridgehead atoms. The molecule has 3 heterocycles. The number of aliphatic hydroxyl groups excluding tert-OH is 1.